The van der Waals surface area contributed by atoms with Crippen LogP contribution in [0.15, 0.2) is 57.8 Å². The molecule has 0 unspecified atom stereocenters. The first-order chi connectivity index (χ1) is 13.2. The summed E-state index contributed by atoms with van der Waals surface area (Å²) in [5, 5.41) is 4.25. The van der Waals surface area contributed by atoms with Crippen molar-refractivity contribution in [2.24, 2.45) is 5.92 Å². The Morgan fingerprint density at radius 1 is 1.11 bits per heavy atom. The van der Waals surface area contributed by atoms with Gasteiger partial charge >= 0.3 is 0 Å². The van der Waals surface area contributed by atoms with E-state index in [9.17, 15) is 4.79 Å². The van der Waals surface area contributed by atoms with Gasteiger partial charge in [0.2, 0.25) is 0 Å². The van der Waals surface area contributed by atoms with Crippen LogP contribution in [0, 0.1) is 12.8 Å². The van der Waals surface area contributed by atoms with E-state index in [2.05, 4.69) is 47.3 Å². The second-order valence-electron chi connectivity index (χ2n) is 7.94. The topological polar surface area (TPSA) is 51.3 Å². The summed E-state index contributed by atoms with van der Waals surface area (Å²) >= 11 is 0. The molecule has 1 saturated heterocycles. The third-order valence-corrected chi connectivity index (χ3v) is 5.84. The van der Waals surface area contributed by atoms with Crippen LogP contribution in [0.4, 0.5) is 0 Å². The van der Waals surface area contributed by atoms with E-state index in [-0.39, 0.29) is 5.56 Å². The molecule has 2 atom stereocenters. The van der Waals surface area contributed by atoms with Crippen molar-refractivity contribution in [2.45, 2.75) is 32.4 Å². The molecule has 0 amide bonds. The minimum Gasteiger partial charge on any atom is -0.359 e. The largest absolute Gasteiger partial charge is 0.359 e. The molecule has 5 nitrogen and oxygen atoms in total. The number of benzene rings is 1. The van der Waals surface area contributed by atoms with Gasteiger partial charge in [-0.05, 0) is 25.3 Å². The van der Waals surface area contributed by atoms with Crippen LogP contribution in [-0.2, 0) is 13.1 Å². The lowest BCUT2D eigenvalue weighted by Gasteiger charge is -2.42. The first kappa shape index (κ1) is 16.5. The summed E-state index contributed by atoms with van der Waals surface area (Å²) in [6.07, 6.45) is 1.17. The molecule has 3 aromatic rings. The Morgan fingerprint density at radius 2 is 1.96 bits per heavy atom. The SMILES string of the molecule is Cc1ccc(-c2cc(CN3C[C@@H]4C[C@H](C3)c3cccc(=O)n3C4)on2)cc1. The van der Waals surface area contributed by atoms with Gasteiger partial charge in [0.05, 0.1) is 6.54 Å². The Kier molecular flexibility index (Phi) is 3.97. The van der Waals surface area contributed by atoms with E-state index < -0.39 is 0 Å². The molecule has 2 bridgehead atoms. The Bertz CT molecular complexity index is 1020. The Balaban J connectivity index is 1.33. The van der Waals surface area contributed by atoms with E-state index in [0.717, 1.165) is 43.2 Å². The molecule has 0 spiro atoms. The van der Waals surface area contributed by atoms with Crippen LogP contribution in [0.2, 0.25) is 0 Å². The van der Waals surface area contributed by atoms with Crippen LogP contribution < -0.4 is 5.56 Å². The molecule has 0 aliphatic carbocycles. The highest BCUT2D eigenvalue weighted by Gasteiger charge is 2.34. The second kappa shape index (κ2) is 6.50. The van der Waals surface area contributed by atoms with Crippen LogP contribution >= 0.6 is 0 Å². The van der Waals surface area contributed by atoms with Crippen LogP contribution in [-0.4, -0.2) is 27.7 Å². The van der Waals surface area contributed by atoms with Crippen molar-refractivity contribution in [3.63, 3.8) is 0 Å². The first-order valence-corrected chi connectivity index (χ1v) is 9.60. The molecule has 2 aromatic heterocycles. The molecule has 5 heteroatoms. The van der Waals surface area contributed by atoms with Gasteiger partial charge < -0.3 is 9.09 Å². The van der Waals surface area contributed by atoms with E-state index in [1.807, 2.05) is 16.7 Å². The number of rotatable bonds is 3. The third kappa shape index (κ3) is 3.12. The van der Waals surface area contributed by atoms with Crippen molar-refractivity contribution in [3.05, 3.63) is 75.9 Å². The maximum absolute atomic E-state index is 12.2. The first-order valence-electron chi connectivity index (χ1n) is 9.60. The molecular weight excluding hydrogens is 338 g/mol. The lowest BCUT2D eigenvalue weighted by Crippen LogP contribution is -2.46. The van der Waals surface area contributed by atoms with E-state index in [1.165, 1.54) is 17.7 Å². The molecule has 2 aliphatic heterocycles. The number of likely N-dealkylation sites (tertiary alicyclic amines) is 1. The second-order valence-corrected chi connectivity index (χ2v) is 7.94. The van der Waals surface area contributed by atoms with E-state index in [0.29, 0.717) is 11.8 Å². The standard InChI is InChI=1S/C22H23N3O2/c1-15-5-7-17(8-6-15)20-10-19(27-23-20)14-24-11-16-9-18(13-24)21-3-2-4-22(26)25(21)12-16/h2-8,10,16,18H,9,11-14H2,1H3/t16-,18+/m0/s1. The molecule has 4 heterocycles. The number of piperidine rings is 1. The van der Waals surface area contributed by atoms with Gasteiger partial charge in [-0.15, -0.1) is 0 Å². The molecule has 1 aromatic carbocycles. The average Bonchev–Trinajstić information content (AvgIpc) is 3.12. The van der Waals surface area contributed by atoms with Crippen molar-refractivity contribution in [2.75, 3.05) is 13.1 Å². The molecule has 0 radical (unpaired) electrons. The smallest absolute Gasteiger partial charge is 0.250 e. The summed E-state index contributed by atoms with van der Waals surface area (Å²) in [6, 6.07) is 16.1. The van der Waals surface area contributed by atoms with E-state index in [4.69, 9.17) is 4.52 Å². The maximum Gasteiger partial charge on any atom is 0.250 e. The highest BCUT2D eigenvalue weighted by molar-refractivity contribution is 5.59. The highest BCUT2D eigenvalue weighted by Crippen LogP contribution is 2.35. The molecule has 138 valence electrons. The van der Waals surface area contributed by atoms with Crippen molar-refractivity contribution in [1.82, 2.24) is 14.6 Å². The van der Waals surface area contributed by atoms with Crippen molar-refractivity contribution < 1.29 is 4.52 Å². The molecule has 0 N–H and O–H groups in total. The number of nitrogens with zero attached hydrogens (tertiary/aromatic N) is 3. The Hall–Kier alpha value is -2.66. The average molecular weight is 361 g/mol. The summed E-state index contributed by atoms with van der Waals surface area (Å²) in [5.74, 6) is 1.85. The van der Waals surface area contributed by atoms with Gasteiger partial charge in [0.1, 0.15) is 5.69 Å². The fourth-order valence-electron chi connectivity index (χ4n) is 4.59. The number of hydrogen-bond donors (Lipinski definition) is 0. The number of hydrogen-bond acceptors (Lipinski definition) is 4. The van der Waals surface area contributed by atoms with Gasteiger partial charge in [-0.25, -0.2) is 0 Å². The van der Waals surface area contributed by atoms with Gasteiger partial charge in [-0.3, -0.25) is 9.69 Å². The van der Waals surface area contributed by atoms with Gasteiger partial charge in [0, 0.05) is 48.9 Å². The molecular formula is C22H23N3O2. The maximum atomic E-state index is 12.2. The summed E-state index contributed by atoms with van der Waals surface area (Å²) in [6.45, 7) is 5.63. The zero-order valence-electron chi connectivity index (χ0n) is 15.5. The van der Waals surface area contributed by atoms with E-state index >= 15 is 0 Å². The van der Waals surface area contributed by atoms with Gasteiger partial charge in [-0.1, -0.05) is 41.1 Å². The monoisotopic (exact) mass is 361 g/mol. The number of fused-ring (bicyclic) bond motifs is 4. The van der Waals surface area contributed by atoms with Crippen molar-refractivity contribution >= 4 is 0 Å². The van der Waals surface area contributed by atoms with Crippen molar-refractivity contribution in [1.29, 1.82) is 0 Å². The predicted octanol–water partition coefficient (Wildman–Crippen LogP) is 3.43. The molecule has 2 aliphatic rings. The zero-order valence-corrected chi connectivity index (χ0v) is 15.5. The van der Waals surface area contributed by atoms with Gasteiger partial charge in [0.25, 0.3) is 5.56 Å². The van der Waals surface area contributed by atoms with E-state index in [1.54, 1.807) is 6.07 Å². The zero-order chi connectivity index (χ0) is 18.4. The summed E-state index contributed by atoms with van der Waals surface area (Å²) < 4.78 is 7.59. The number of pyridine rings is 1. The fourth-order valence-corrected chi connectivity index (χ4v) is 4.59. The van der Waals surface area contributed by atoms with Crippen LogP contribution in [0.5, 0.6) is 0 Å². The molecule has 27 heavy (non-hydrogen) atoms. The van der Waals surface area contributed by atoms with Gasteiger partial charge in [0.15, 0.2) is 5.76 Å². The molecule has 5 rings (SSSR count). The van der Waals surface area contributed by atoms with Crippen LogP contribution in [0.3, 0.4) is 0 Å². The number of aromatic nitrogens is 2. The minimum atomic E-state index is 0.133. The molecule has 1 fully saturated rings. The van der Waals surface area contributed by atoms with Crippen LogP contribution in [0.25, 0.3) is 11.3 Å². The normalized spacial score (nSPS) is 21.8. The quantitative estimate of drug-likeness (QED) is 0.717. The lowest BCUT2D eigenvalue weighted by molar-refractivity contribution is 0.105. The lowest BCUT2D eigenvalue weighted by atomic mass is 9.83. The summed E-state index contributed by atoms with van der Waals surface area (Å²) in [4.78, 5) is 14.6. The third-order valence-electron chi connectivity index (χ3n) is 5.84. The van der Waals surface area contributed by atoms with Crippen LogP contribution in [0.1, 0.15) is 29.4 Å². The Labute approximate surface area is 158 Å². The van der Waals surface area contributed by atoms with Crippen molar-refractivity contribution in [3.8, 4) is 11.3 Å². The summed E-state index contributed by atoms with van der Waals surface area (Å²) in [5.41, 5.74) is 4.52. The highest BCUT2D eigenvalue weighted by atomic mass is 16.5. The molecule has 0 saturated carbocycles. The Morgan fingerprint density at radius 3 is 2.81 bits per heavy atom. The predicted molar refractivity (Wildman–Crippen MR) is 104 cm³/mol. The van der Waals surface area contributed by atoms with Gasteiger partial charge in [-0.2, -0.15) is 0 Å². The summed E-state index contributed by atoms with van der Waals surface area (Å²) in [7, 11) is 0. The minimum absolute atomic E-state index is 0.133. The fraction of sp³-hybridized carbons (Fsp3) is 0.364. The number of aryl methyl sites for hydroxylation is 1.